The highest BCUT2D eigenvalue weighted by Crippen LogP contribution is 2.22. The molecule has 4 N–H and O–H groups in total. The van der Waals surface area contributed by atoms with Crippen LogP contribution in [0, 0.1) is 5.82 Å². The molecule has 0 spiro atoms. The zero-order valence-electron chi connectivity index (χ0n) is 16.2. The number of benzene rings is 1. The number of hydrogen-bond donors (Lipinski definition) is 3. The molecule has 11 heteroatoms. The van der Waals surface area contributed by atoms with Crippen LogP contribution in [0.1, 0.15) is 25.7 Å². The number of carbonyl (C=O) groups excluding carboxylic acids is 2. The van der Waals surface area contributed by atoms with Gasteiger partial charge < -0.3 is 16.4 Å². The number of nitrogens with two attached hydrogens (primary N) is 1. The van der Waals surface area contributed by atoms with Gasteiger partial charge in [0.05, 0.1) is 6.26 Å². The van der Waals surface area contributed by atoms with E-state index in [0.29, 0.717) is 18.5 Å². The van der Waals surface area contributed by atoms with E-state index in [1.807, 2.05) is 0 Å². The highest BCUT2D eigenvalue weighted by Gasteiger charge is 2.45. The normalized spacial score (nSPS) is 25.6. The highest BCUT2D eigenvalue weighted by atomic mass is 32.2. The Labute approximate surface area is 169 Å². The second kappa shape index (κ2) is 8.64. The van der Waals surface area contributed by atoms with Gasteiger partial charge in [0.1, 0.15) is 5.82 Å². The molecule has 1 atom stereocenters. The van der Waals surface area contributed by atoms with Gasteiger partial charge in [-0.25, -0.2) is 17.6 Å². The number of amides is 3. The fourth-order valence-corrected chi connectivity index (χ4v) is 4.69. The molecule has 160 valence electrons. The summed E-state index contributed by atoms with van der Waals surface area (Å²) in [7, 11) is -3.71. The van der Waals surface area contributed by atoms with Crippen LogP contribution in [0.5, 0.6) is 0 Å². The Morgan fingerprint density at radius 2 is 1.72 bits per heavy atom. The van der Waals surface area contributed by atoms with Gasteiger partial charge in [0.25, 0.3) is 5.91 Å². The van der Waals surface area contributed by atoms with Gasteiger partial charge >= 0.3 is 6.03 Å². The Morgan fingerprint density at radius 3 is 2.31 bits per heavy atom. The number of sulfonamides is 1. The summed E-state index contributed by atoms with van der Waals surface area (Å²) in [5.41, 5.74) is 6.23. The van der Waals surface area contributed by atoms with Crippen LogP contribution in [0.2, 0.25) is 0 Å². The number of carbonyl (C=O) groups is 2. The predicted octanol–water partition coefficient (Wildman–Crippen LogP) is 0.647. The molecule has 3 rings (SSSR count). The molecule has 0 aromatic heterocycles. The third kappa shape index (κ3) is 5.22. The number of nitrogens with zero attached hydrogens (tertiary/aromatic N) is 2. The van der Waals surface area contributed by atoms with Crippen LogP contribution >= 0.6 is 0 Å². The van der Waals surface area contributed by atoms with Crippen LogP contribution in [0.4, 0.5) is 14.9 Å². The molecule has 0 radical (unpaired) electrons. The van der Waals surface area contributed by atoms with E-state index in [9.17, 15) is 22.4 Å². The first-order valence-electron chi connectivity index (χ1n) is 9.51. The van der Waals surface area contributed by atoms with Crippen molar-refractivity contribution in [3.8, 4) is 0 Å². The molecule has 1 aliphatic carbocycles. The minimum absolute atomic E-state index is 0.0172. The third-order valence-corrected chi connectivity index (χ3v) is 6.50. The molecular formula is C18H26FN5O4S. The van der Waals surface area contributed by atoms with Crippen molar-refractivity contribution in [3.63, 3.8) is 0 Å². The minimum atomic E-state index is -3.71. The Morgan fingerprint density at radius 1 is 1.10 bits per heavy atom. The molecule has 1 heterocycles. The van der Waals surface area contributed by atoms with Crippen LogP contribution in [0.15, 0.2) is 24.3 Å². The average molecular weight is 428 g/mol. The molecule has 3 amide bonds. The molecular weight excluding hydrogens is 401 g/mol. The molecule has 1 saturated carbocycles. The van der Waals surface area contributed by atoms with Crippen molar-refractivity contribution in [3.05, 3.63) is 30.1 Å². The van der Waals surface area contributed by atoms with E-state index in [4.69, 9.17) is 5.73 Å². The molecule has 0 bridgehead atoms. The van der Waals surface area contributed by atoms with Crippen LogP contribution in [0.3, 0.4) is 0 Å². The Bertz CT molecular complexity index is 856. The van der Waals surface area contributed by atoms with Crippen molar-refractivity contribution in [1.82, 2.24) is 14.5 Å². The van der Waals surface area contributed by atoms with Gasteiger partial charge in [-0.3, -0.25) is 9.69 Å². The molecule has 2 fully saturated rings. The topological polar surface area (TPSA) is 125 Å². The number of halogens is 1. The van der Waals surface area contributed by atoms with E-state index in [1.165, 1.54) is 29.2 Å². The van der Waals surface area contributed by atoms with Crippen molar-refractivity contribution in [2.75, 3.05) is 24.7 Å². The zero-order chi connectivity index (χ0) is 21.2. The Hall–Kier alpha value is -2.24. The summed E-state index contributed by atoms with van der Waals surface area (Å²) < 4.78 is 38.4. The van der Waals surface area contributed by atoms with Crippen LogP contribution < -0.4 is 16.4 Å². The van der Waals surface area contributed by atoms with Gasteiger partial charge in [0.2, 0.25) is 10.0 Å². The SMILES string of the molecule is CS(=O)(=O)N1CCN(C(=O)Nc2ccc(F)cc2)C1C(=O)NC1CCC(N)CC1. The molecule has 1 aromatic carbocycles. The molecule has 29 heavy (non-hydrogen) atoms. The zero-order valence-corrected chi connectivity index (χ0v) is 17.0. The molecule has 9 nitrogen and oxygen atoms in total. The molecule has 2 aliphatic rings. The third-order valence-electron chi connectivity index (χ3n) is 5.26. The van der Waals surface area contributed by atoms with Gasteiger partial charge in [-0.1, -0.05) is 0 Å². The Balaban J connectivity index is 1.75. The van der Waals surface area contributed by atoms with E-state index in [1.54, 1.807) is 0 Å². The fourth-order valence-electron chi connectivity index (χ4n) is 3.71. The summed E-state index contributed by atoms with van der Waals surface area (Å²) in [5.74, 6) is -0.987. The van der Waals surface area contributed by atoms with Crippen LogP contribution in [0.25, 0.3) is 0 Å². The lowest BCUT2D eigenvalue weighted by Crippen LogP contribution is -2.56. The van der Waals surface area contributed by atoms with E-state index in [0.717, 1.165) is 23.4 Å². The van der Waals surface area contributed by atoms with E-state index in [-0.39, 0.29) is 25.2 Å². The standard InChI is InChI=1S/C18H26FN5O4S/c1-29(27,28)24-11-10-23(18(26)22-15-6-2-12(19)3-7-15)17(24)16(25)21-14-8-4-13(20)5-9-14/h2-3,6-7,13-14,17H,4-5,8-11,20H2,1H3,(H,21,25)(H,22,26). The maximum atomic E-state index is 13.1. The number of hydrogen-bond acceptors (Lipinski definition) is 5. The van der Waals surface area contributed by atoms with E-state index < -0.39 is 33.9 Å². The summed E-state index contributed by atoms with van der Waals surface area (Å²) in [5, 5.41) is 5.45. The van der Waals surface area contributed by atoms with Gasteiger partial charge in [-0.2, -0.15) is 4.31 Å². The summed E-state index contributed by atoms with van der Waals surface area (Å²) in [6.45, 7) is 0.0804. The summed E-state index contributed by atoms with van der Waals surface area (Å²) in [6.07, 6.45) is 2.70. The van der Waals surface area contributed by atoms with E-state index >= 15 is 0 Å². The largest absolute Gasteiger partial charge is 0.350 e. The maximum absolute atomic E-state index is 13.1. The van der Waals surface area contributed by atoms with Crippen molar-refractivity contribution in [2.45, 2.75) is 43.9 Å². The Kier molecular flexibility index (Phi) is 6.39. The predicted molar refractivity (Wildman–Crippen MR) is 106 cm³/mol. The average Bonchev–Trinajstić information content (AvgIpc) is 3.11. The monoisotopic (exact) mass is 427 g/mol. The second-order valence-corrected chi connectivity index (χ2v) is 9.43. The lowest BCUT2D eigenvalue weighted by Gasteiger charge is -2.32. The lowest BCUT2D eigenvalue weighted by atomic mass is 9.92. The molecule has 1 aromatic rings. The number of rotatable bonds is 4. The highest BCUT2D eigenvalue weighted by molar-refractivity contribution is 7.88. The molecule has 1 saturated heterocycles. The first-order chi connectivity index (χ1) is 13.6. The number of anilines is 1. The first kappa shape index (κ1) is 21.5. The lowest BCUT2D eigenvalue weighted by molar-refractivity contribution is -0.128. The van der Waals surface area contributed by atoms with Crippen molar-refractivity contribution < 1.29 is 22.4 Å². The van der Waals surface area contributed by atoms with Gasteiger partial charge in [-0.15, -0.1) is 0 Å². The van der Waals surface area contributed by atoms with Gasteiger partial charge in [0.15, 0.2) is 6.17 Å². The molecule has 1 unspecified atom stereocenters. The van der Waals surface area contributed by atoms with E-state index in [2.05, 4.69) is 10.6 Å². The molecule has 1 aliphatic heterocycles. The summed E-state index contributed by atoms with van der Waals surface area (Å²) in [6, 6.07) is 4.54. The number of urea groups is 1. The van der Waals surface area contributed by atoms with Crippen molar-refractivity contribution in [2.24, 2.45) is 5.73 Å². The van der Waals surface area contributed by atoms with Gasteiger partial charge in [0, 0.05) is 30.9 Å². The van der Waals surface area contributed by atoms with Crippen molar-refractivity contribution in [1.29, 1.82) is 0 Å². The fraction of sp³-hybridized carbons (Fsp3) is 0.556. The minimum Gasteiger partial charge on any atom is -0.350 e. The second-order valence-electron chi connectivity index (χ2n) is 7.50. The first-order valence-corrected chi connectivity index (χ1v) is 11.4. The van der Waals surface area contributed by atoms with Crippen molar-refractivity contribution >= 4 is 27.6 Å². The summed E-state index contributed by atoms with van der Waals surface area (Å²) in [4.78, 5) is 26.8. The number of nitrogens with one attached hydrogen (secondary N) is 2. The quantitative estimate of drug-likeness (QED) is 0.651. The smallest absolute Gasteiger partial charge is 0.323 e. The van der Waals surface area contributed by atoms with Gasteiger partial charge in [-0.05, 0) is 49.9 Å². The van der Waals surface area contributed by atoms with Crippen LogP contribution in [-0.4, -0.2) is 67.2 Å². The summed E-state index contributed by atoms with van der Waals surface area (Å²) >= 11 is 0. The van der Waals surface area contributed by atoms with Crippen LogP contribution in [-0.2, 0) is 14.8 Å². The maximum Gasteiger partial charge on any atom is 0.323 e.